The minimum absolute atomic E-state index is 0.0482. The Labute approximate surface area is 238 Å². The SMILES string of the molecule is CCn1cc(Nc2nccc(-c3ccc4c(c3)CN(C3COC3)CC[C@@H]4NC(=O)c3noc(C(C)(C)C)n3)n2)cn1. The molecule has 2 aliphatic heterocycles. The van der Waals surface area contributed by atoms with Crippen LogP contribution in [-0.2, 0) is 23.2 Å². The third-order valence-corrected chi connectivity index (χ3v) is 7.47. The van der Waals surface area contributed by atoms with Crippen molar-refractivity contribution < 1.29 is 14.1 Å². The third kappa shape index (κ3) is 5.84. The van der Waals surface area contributed by atoms with Gasteiger partial charge >= 0.3 is 0 Å². The van der Waals surface area contributed by atoms with Crippen LogP contribution in [0.5, 0.6) is 0 Å². The fourth-order valence-electron chi connectivity index (χ4n) is 5.04. The molecule has 2 aliphatic rings. The molecule has 0 radical (unpaired) electrons. The first-order chi connectivity index (χ1) is 19.8. The van der Waals surface area contributed by atoms with Crippen molar-refractivity contribution in [3.8, 4) is 11.3 Å². The quantitative estimate of drug-likeness (QED) is 0.345. The van der Waals surface area contributed by atoms with Gasteiger partial charge in [-0.3, -0.25) is 14.4 Å². The van der Waals surface area contributed by atoms with E-state index in [0.29, 0.717) is 17.9 Å². The Hall–Kier alpha value is -4.16. The minimum atomic E-state index is -0.345. The number of fused-ring (bicyclic) bond motifs is 1. The van der Waals surface area contributed by atoms with Gasteiger partial charge in [0.15, 0.2) is 0 Å². The lowest BCUT2D eigenvalue weighted by Crippen LogP contribution is -2.48. The number of carbonyl (C=O) groups is 1. The van der Waals surface area contributed by atoms with Crippen molar-refractivity contribution in [1.82, 2.24) is 40.1 Å². The highest BCUT2D eigenvalue weighted by Gasteiger charge is 2.32. The molecule has 12 nitrogen and oxygen atoms in total. The van der Waals surface area contributed by atoms with Gasteiger partial charge in [-0.15, -0.1) is 0 Å². The molecule has 4 aromatic rings. The lowest BCUT2D eigenvalue weighted by molar-refractivity contribution is -0.0678. The Kier molecular flexibility index (Phi) is 7.26. The summed E-state index contributed by atoms with van der Waals surface area (Å²) in [5, 5.41) is 14.7. The topological polar surface area (TPSA) is 136 Å². The molecule has 6 rings (SSSR count). The van der Waals surface area contributed by atoms with E-state index >= 15 is 0 Å². The average Bonchev–Trinajstić information content (AvgIpc) is 3.57. The van der Waals surface area contributed by atoms with Crippen LogP contribution in [0.2, 0.25) is 0 Å². The Morgan fingerprint density at radius 2 is 2.02 bits per heavy atom. The van der Waals surface area contributed by atoms with Crippen LogP contribution in [0, 0.1) is 0 Å². The monoisotopic (exact) mass is 557 g/mol. The molecule has 0 aliphatic carbocycles. The highest BCUT2D eigenvalue weighted by Crippen LogP contribution is 2.32. The summed E-state index contributed by atoms with van der Waals surface area (Å²) in [5.74, 6) is 0.638. The Morgan fingerprint density at radius 3 is 2.73 bits per heavy atom. The van der Waals surface area contributed by atoms with Gasteiger partial charge in [0.2, 0.25) is 11.8 Å². The molecule has 1 amide bonds. The molecule has 0 saturated carbocycles. The number of anilines is 2. The van der Waals surface area contributed by atoms with Crippen molar-refractivity contribution in [3.05, 3.63) is 65.7 Å². The van der Waals surface area contributed by atoms with Crippen LogP contribution in [0.1, 0.15) is 67.8 Å². The lowest BCUT2D eigenvalue weighted by Gasteiger charge is -2.36. The standard InChI is InChI=1S/C29H35N9O3/c1-5-38-15-20(13-31-38)32-28-30-10-8-23(34-28)18-6-7-22-19(12-18)14-37(21-16-40-17-21)11-9-24(22)33-26(39)25-35-27(41-36-25)29(2,3)4/h6-8,10,12-13,15,21,24H,5,9,11,14,16-17H2,1-4H3,(H,33,39)(H,30,32,34)/t24-/m0/s1. The molecule has 0 unspecified atom stereocenters. The molecule has 1 saturated heterocycles. The number of hydrogen-bond donors (Lipinski definition) is 2. The van der Waals surface area contributed by atoms with Crippen LogP contribution < -0.4 is 10.6 Å². The predicted molar refractivity (Wildman–Crippen MR) is 151 cm³/mol. The number of benzene rings is 1. The summed E-state index contributed by atoms with van der Waals surface area (Å²) in [4.78, 5) is 29.1. The van der Waals surface area contributed by atoms with Gasteiger partial charge in [0, 0.05) is 43.0 Å². The van der Waals surface area contributed by atoms with Gasteiger partial charge in [0.1, 0.15) is 0 Å². The maximum absolute atomic E-state index is 13.2. The highest BCUT2D eigenvalue weighted by atomic mass is 16.5. The van der Waals surface area contributed by atoms with Crippen molar-refractivity contribution in [2.24, 2.45) is 0 Å². The molecule has 1 aromatic carbocycles. The number of ether oxygens (including phenoxy) is 1. The number of aromatic nitrogens is 6. The fraction of sp³-hybridized carbons (Fsp3) is 0.448. The van der Waals surface area contributed by atoms with Gasteiger partial charge in [-0.25, -0.2) is 9.97 Å². The molecular weight excluding hydrogens is 522 g/mol. The number of nitrogens with one attached hydrogen (secondary N) is 2. The van der Waals surface area contributed by atoms with Crippen LogP contribution in [0.3, 0.4) is 0 Å². The Bertz CT molecular complexity index is 1540. The van der Waals surface area contributed by atoms with E-state index in [-0.39, 0.29) is 23.2 Å². The zero-order valence-electron chi connectivity index (χ0n) is 23.8. The van der Waals surface area contributed by atoms with Gasteiger partial charge in [-0.1, -0.05) is 38.1 Å². The summed E-state index contributed by atoms with van der Waals surface area (Å²) in [7, 11) is 0. The first-order valence-electron chi connectivity index (χ1n) is 14.0. The number of rotatable bonds is 7. The van der Waals surface area contributed by atoms with Crippen molar-refractivity contribution in [2.45, 2.75) is 64.7 Å². The molecule has 1 atom stereocenters. The second kappa shape index (κ2) is 11.0. The molecular formula is C29H35N9O3. The number of hydrogen-bond acceptors (Lipinski definition) is 10. The highest BCUT2D eigenvalue weighted by molar-refractivity contribution is 5.90. The lowest BCUT2D eigenvalue weighted by atomic mass is 9.96. The smallest absolute Gasteiger partial charge is 0.293 e. The minimum Gasteiger partial charge on any atom is -0.378 e. The Morgan fingerprint density at radius 1 is 1.17 bits per heavy atom. The molecule has 5 heterocycles. The largest absolute Gasteiger partial charge is 0.378 e. The number of aryl methyl sites for hydroxylation is 1. The van der Waals surface area contributed by atoms with E-state index in [4.69, 9.17) is 14.2 Å². The third-order valence-electron chi connectivity index (χ3n) is 7.47. The zero-order chi connectivity index (χ0) is 28.6. The predicted octanol–water partition coefficient (Wildman–Crippen LogP) is 3.86. The Balaban J connectivity index is 1.27. The van der Waals surface area contributed by atoms with Crippen molar-refractivity contribution >= 4 is 17.5 Å². The molecule has 1 fully saturated rings. The van der Waals surface area contributed by atoms with E-state index in [1.807, 2.05) is 50.7 Å². The first kappa shape index (κ1) is 27.0. The van der Waals surface area contributed by atoms with Crippen LogP contribution in [-0.4, -0.2) is 66.5 Å². The van der Waals surface area contributed by atoms with E-state index in [9.17, 15) is 4.79 Å². The number of amides is 1. The molecule has 2 N–H and O–H groups in total. The summed E-state index contributed by atoms with van der Waals surface area (Å²) in [6, 6.07) is 8.37. The molecule has 0 spiro atoms. The molecule has 12 heteroatoms. The molecule has 0 bridgehead atoms. The maximum Gasteiger partial charge on any atom is 0.293 e. The van der Waals surface area contributed by atoms with E-state index in [0.717, 1.165) is 67.3 Å². The molecule has 3 aromatic heterocycles. The summed E-state index contributed by atoms with van der Waals surface area (Å²) < 4.78 is 12.7. The van der Waals surface area contributed by atoms with E-state index in [1.54, 1.807) is 12.4 Å². The van der Waals surface area contributed by atoms with E-state index in [1.165, 1.54) is 0 Å². The summed E-state index contributed by atoms with van der Waals surface area (Å²) >= 11 is 0. The zero-order valence-corrected chi connectivity index (χ0v) is 23.8. The number of nitrogens with zero attached hydrogens (tertiary/aromatic N) is 7. The second-order valence-electron chi connectivity index (χ2n) is 11.5. The van der Waals surface area contributed by atoms with Crippen LogP contribution in [0.4, 0.5) is 11.6 Å². The van der Waals surface area contributed by atoms with Gasteiger partial charge in [0.25, 0.3) is 11.7 Å². The van der Waals surface area contributed by atoms with Crippen LogP contribution in [0.15, 0.2) is 47.4 Å². The van der Waals surface area contributed by atoms with Crippen molar-refractivity contribution in [2.75, 3.05) is 25.1 Å². The van der Waals surface area contributed by atoms with Crippen LogP contribution in [0.25, 0.3) is 11.3 Å². The van der Waals surface area contributed by atoms with E-state index in [2.05, 4.69) is 47.9 Å². The fourth-order valence-corrected chi connectivity index (χ4v) is 5.04. The molecule has 214 valence electrons. The summed E-state index contributed by atoms with van der Waals surface area (Å²) in [6.07, 6.45) is 6.18. The average molecular weight is 558 g/mol. The van der Waals surface area contributed by atoms with E-state index < -0.39 is 0 Å². The summed E-state index contributed by atoms with van der Waals surface area (Å²) in [6.45, 7) is 11.8. The van der Waals surface area contributed by atoms with Crippen molar-refractivity contribution in [3.63, 3.8) is 0 Å². The second-order valence-corrected chi connectivity index (χ2v) is 11.5. The number of carbonyl (C=O) groups excluding carboxylic acids is 1. The molecule has 41 heavy (non-hydrogen) atoms. The van der Waals surface area contributed by atoms with Gasteiger partial charge < -0.3 is 19.9 Å². The van der Waals surface area contributed by atoms with Gasteiger partial charge in [0.05, 0.1) is 42.9 Å². The van der Waals surface area contributed by atoms with Crippen LogP contribution >= 0.6 is 0 Å². The van der Waals surface area contributed by atoms with Crippen molar-refractivity contribution in [1.29, 1.82) is 0 Å². The first-order valence-corrected chi connectivity index (χ1v) is 14.0. The maximum atomic E-state index is 13.2. The summed E-state index contributed by atoms with van der Waals surface area (Å²) in [5.41, 5.74) is 4.48. The van der Waals surface area contributed by atoms with Gasteiger partial charge in [-0.2, -0.15) is 10.1 Å². The van der Waals surface area contributed by atoms with Gasteiger partial charge in [-0.05, 0) is 36.6 Å². The normalized spacial score (nSPS) is 17.9.